The lowest BCUT2D eigenvalue weighted by Crippen LogP contribution is -2.48. The largest absolute Gasteiger partial charge is 0.495 e. The number of Topliss-reactive ketones (excluding diaryl/α,β-unsaturated/α-hetero) is 2. The maximum Gasteiger partial charge on any atom is 0.312 e. The van der Waals surface area contributed by atoms with Crippen LogP contribution < -0.4 is 19.6 Å². The fourth-order valence-corrected chi connectivity index (χ4v) is 18.3. The molecule has 2 aliphatic heterocycles. The highest BCUT2D eigenvalue weighted by molar-refractivity contribution is 6.37. The van der Waals surface area contributed by atoms with Gasteiger partial charge in [-0.1, -0.05) is 113 Å². The topological polar surface area (TPSA) is 316 Å². The van der Waals surface area contributed by atoms with E-state index in [9.17, 15) is 48.3 Å². The Morgan fingerprint density at radius 3 is 1.56 bits per heavy atom. The van der Waals surface area contributed by atoms with E-state index in [1.807, 2.05) is 76.2 Å². The summed E-state index contributed by atoms with van der Waals surface area (Å²) in [7, 11) is 4.41. The Morgan fingerprint density at radius 2 is 1.07 bits per heavy atom. The summed E-state index contributed by atoms with van der Waals surface area (Å²) in [5, 5.41) is 11.9. The summed E-state index contributed by atoms with van der Waals surface area (Å²) in [6.45, 7) is 21.8. The number of pyridine rings is 2. The van der Waals surface area contributed by atoms with Crippen molar-refractivity contribution in [1.82, 2.24) is 39.7 Å². The van der Waals surface area contributed by atoms with Gasteiger partial charge in [0.25, 0.3) is 0 Å². The van der Waals surface area contributed by atoms with Gasteiger partial charge < -0.3 is 48.3 Å². The number of hydrogen-bond donors (Lipinski definition) is 2. The van der Waals surface area contributed by atoms with Crippen LogP contribution in [-0.2, 0) is 52.6 Å². The first-order chi connectivity index (χ1) is 52.1. The number of methoxy groups -OCH3 is 3. The molecule has 6 heterocycles. The van der Waals surface area contributed by atoms with Gasteiger partial charge in [0.05, 0.1) is 122 Å². The molecule has 606 valence electrons. The fraction of sp³-hybridized carbons (Fsp3) is 0.605. The van der Waals surface area contributed by atoms with Gasteiger partial charge in [-0.2, -0.15) is 0 Å². The number of nitrogens with one attached hydrogen (secondary N) is 1. The van der Waals surface area contributed by atoms with Crippen molar-refractivity contribution in [1.29, 1.82) is 0 Å². The van der Waals surface area contributed by atoms with Crippen LogP contribution in [0.4, 0.5) is 0 Å². The minimum atomic E-state index is -1.14. The average Bonchev–Trinajstić information content (AvgIpc) is 1.57. The molecule has 6 aromatic rings. The number of fused-ring (bicyclic) bond motifs is 4. The Balaban J connectivity index is 0.000000196. The van der Waals surface area contributed by atoms with Gasteiger partial charge in [-0.15, -0.1) is 0 Å². The van der Waals surface area contributed by atoms with Gasteiger partial charge in [-0.05, 0) is 148 Å². The summed E-state index contributed by atoms with van der Waals surface area (Å²) in [4.78, 5) is 148. The van der Waals surface area contributed by atoms with Crippen LogP contribution in [0, 0.1) is 88.8 Å². The molecule has 2 unspecified atom stereocenters. The zero-order valence-corrected chi connectivity index (χ0v) is 67.1. The van der Waals surface area contributed by atoms with Crippen molar-refractivity contribution in [3.8, 4) is 40.0 Å². The van der Waals surface area contributed by atoms with Gasteiger partial charge in [-0.3, -0.25) is 53.1 Å². The summed E-state index contributed by atoms with van der Waals surface area (Å²) in [5.41, 5.74) is 1.40. The number of nitrogens with zero attached hydrogens (tertiary/aromatic N) is 7. The number of esters is 3. The van der Waals surface area contributed by atoms with Gasteiger partial charge in [-0.25, -0.2) is 15.0 Å². The maximum atomic E-state index is 14.7. The van der Waals surface area contributed by atoms with E-state index in [0.29, 0.717) is 117 Å². The molecular formula is C86H112Cl2N8O16. The quantitative estimate of drug-likeness (QED) is 0.0420. The normalized spacial score (nSPS) is 26.7. The van der Waals surface area contributed by atoms with Crippen LogP contribution in [0.15, 0.2) is 66.0 Å². The number of benzene rings is 2. The molecule has 14 rings (SSSR count). The SMILES string of the molecule is C.C.CC[C@@H]1C[C@]1(CC(=O)[C@@H]1C[C@@H](Oc2cc(-c3cncc(C)n3)nc3c(Cl)c(OC)ccc23)CN1C(=O)[C@@H](CC(=O)OC1C[C@@H]2C[C@@H]2C1)C(C)(C)C)C(=O)O.CC[C@@H]1C[C@]1(CC(=O)[C@@H]1C[C@H](C)CN1C(=O)[C@@H](CC(=O)OC1C[C@@H]2C[C@@H]2C1)C(C)(C)C)C(=O)OC.COc1ccc2c(=O)cc(-c3cncc(C)n3)[nH]c2c1Cl. The zero-order valence-electron chi connectivity index (χ0n) is 65.5. The molecule has 0 radical (unpaired) electrons. The maximum absolute atomic E-state index is 14.7. The lowest BCUT2D eigenvalue weighted by molar-refractivity contribution is -0.157. The van der Waals surface area contributed by atoms with E-state index in [0.717, 1.165) is 49.6 Å². The van der Waals surface area contributed by atoms with Gasteiger partial charge in [0.1, 0.15) is 57.0 Å². The molecule has 16 atom stereocenters. The lowest BCUT2D eigenvalue weighted by Gasteiger charge is -2.35. The van der Waals surface area contributed by atoms with E-state index in [1.54, 1.807) is 60.0 Å². The van der Waals surface area contributed by atoms with Gasteiger partial charge in [0, 0.05) is 61.1 Å². The van der Waals surface area contributed by atoms with E-state index in [2.05, 4.69) is 24.9 Å². The molecule has 6 saturated carbocycles. The average molecular weight is 1580 g/mol. The number of aromatic amines is 1. The molecule has 24 nitrogen and oxygen atoms in total. The number of carbonyl (C=O) groups excluding carboxylic acids is 7. The number of H-pyrrole nitrogens is 1. The van der Waals surface area contributed by atoms with Crippen molar-refractivity contribution in [2.24, 2.45) is 74.9 Å². The predicted molar refractivity (Wildman–Crippen MR) is 425 cm³/mol. The van der Waals surface area contributed by atoms with Crippen LogP contribution in [0.3, 0.4) is 0 Å². The number of carboxylic acids is 1. The molecule has 6 aliphatic carbocycles. The monoisotopic (exact) mass is 1580 g/mol. The predicted octanol–water partition coefficient (Wildman–Crippen LogP) is 15.3. The number of carbonyl (C=O) groups is 8. The minimum absolute atomic E-state index is 0. The second-order valence-corrected chi connectivity index (χ2v) is 35.1. The molecule has 4 aromatic heterocycles. The van der Waals surface area contributed by atoms with Crippen molar-refractivity contribution in [3.05, 3.63) is 92.8 Å². The van der Waals surface area contributed by atoms with Crippen molar-refractivity contribution in [2.45, 2.75) is 224 Å². The third kappa shape index (κ3) is 18.4. The molecule has 2 N–H and O–H groups in total. The number of aryl methyl sites for hydroxylation is 2. The second kappa shape index (κ2) is 34.2. The molecular weight excluding hydrogens is 1470 g/mol. The summed E-state index contributed by atoms with van der Waals surface area (Å²) < 4.78 is 34.0. The number of rotatable bonds is 24. The van der Waals surface area contributed by atoms with Crippen LogP contribution in [0.2, 0.25) is 10.0 Å². The Hall–Kier alpha value is -8.64. The smallest absolute Gasteiger partial charge is 0.312 e. The number of hydrogen-bond acceptors (Lipinski definition) is 20. The molecule has 0 spiro atoms. The molecule has 8 fully saturated rings. The van der Waals surface area contributed by atoms with Gasteiger partial charge >= 0.3 is 23.9 Å². The standard InChI is InChI=1S/C41H49ClN4O8.C28H43NO6.C15H12ClN3O2.2CH4/c1-7-24-16-41(24,39(50)51)17-32(47)31-13-26(20-46(31)38(49)28(40(3,4)5)14-35(48)54-25-11-22-10-23(22)12-25)53-34-15-29(30-19-43-18-21(2)44-30)45-37-27(34)8-9-33(52-6)36(37)42;1-7-19-13-28(19,26(33)34-6)14-23(30)22-8-16(2)15-29(22)25(32)21(27(3,4)5)12-24(31)35-20-10-17-9-18(17)11-20;1-8-6-17-7-11(18-8)10-5-12(20)9-3-4-13(21-2)14(16)15(9)19-10;;/h8-9,15,18-19,22-26,28,31H,7,10-14,16-17,20H2,1-6H3,(H,50,51);16-22H,7-15H2,1-6H3;3-7H,1-2H3,(H,19,20);2*1H4/t22-,23+,24-,25?,26-,28-,31+,41-;16-,17-,18+,19+,20?,21+,22-,28+;;;/m10.../s1. The second-order valence-electron chi connectivity index (χ2n) is 34.4. The number of halogens is 2. The minimum Gasteiger partial charge on any atom is -0.495 e. The number of ether oxygens (including phenoxy) is 6. The summed E-state index contributed by atoms with van der Waals surface area (Å²) >= 11 is 13.1. The van der Waals surface area contributed by atoms with Crippen LogP contribution >= 0.6 is 23.2 Å². The Labute approximate surface area is 666 Å². The van der Waals surface area contributed by atoms with Crippen molar-refractivity contribution < 1.29 is 71.9 Å². The van der Waals surface area contributed by atoms with Crippen LogP contribution in [0.1, 0.15) is 191 Å². The third-order valence-corrected chi connectivity index (χ3v) is 25.2. The molecule has 2 aromatic carbocycles. The van der Waals surface area contributed by atoms with Crippen molar-refractivity contribution in [2.75, 3.05) is 34.4 Å². The van der Waals surface area contributed by atoms with Crippen molar-refractivity contribution in [3.63, 3.8) is 0 Å². The number of aromatic nitrogens is 6. The number of aliphatic carboxylic acids is 1. The van der Waals surface area contributed by atoms with Gasteiger partial charge in [0.2, 0.25) is 11.8 Å². The number of carboxylic acid groups (broad SMARTS) is 1. The number of ketones is 2. The number of likely N-dealkylation sites (tertiary alicyclic amines) is 2. The molecule has 0 bridgehead atoms. The van der Waals surface area contributed by atoms with Crippen molar-refractivity contribution >= 4 is 92.3 Å². The lowest BCUT2D eigenvalue weighted by atomic mass is 9.77. The highest BCUT2D eigenvalue weighted by Gasteiger charge is 2.63. The molecule has 2 amide bonds. The van der Waals surface area contributed by atoms with Crippen LogP contribution in [0.5, 0.6) is 17.2 Å². The molecule has 26 heteroatoms. The Kier molecular flexibility index (Phi) is 26.2. The Morgan fingerprint density at radius 1 is 0.589 bits per heavy atom. The summed E-state index contributed by atoms with van der Waals surface area (Å²) in [6, 6.07) is 8.60. The first-order valence-corrected chi connectivity index (χ1v) is 39.5. The molecule has 2 saturated heterocycles. The first kappa shape index (κ1) is 85.8. The molecule has 112 heavy (non-hydrogen) atoms. The number of amides is 2. The zero-order chi connectivity index (χ0) is 79.4. The summed E-state index contributed by atoms with van der Waals surface area (Å²) in [6.07, 6.45) is 14.9. The van der Waals surface area contributed by atoms with E-state index in [4.69, 9.17) is 56.6 Å². The van der Waals surface area contributed by atoms with E-state index in [-0.39, 0.29) is 129 Å². The van der Waals surface area contributed by atoms with Gasteiger partial charge in [0.15, 0.2) is 17.0 Å². The fourth-order valence-electron chi connectivity index (χ4n) is 17.8. The molecule has 8 aliphatic rings. The summed E-state index contributed by atoms with van der Waals surface area (Å²) in [5.74, 6) is 0.00668. The van der Waals surface area contributed by atoms with Crippen LogP contribution in [0.25, 0.3) is 44.6 Å². The van der Waals surface area contributed by atoms with E-state index < -0.39 is 63.6 Å². The first-order valence-electron chi connectivity index (χ1n) is 38.8. The van der Waals surface area contributed by atoms with Crippen LogP contribution in [-0.4, -0.2) is 157 Å². The highest BCUT2D eigenvalue weighted by atomic mass is 35.5. The van der Waals surface area contributed by atoms with E-state index in [1.165, 1.54) is 45.1 Å². The third-order valence-electron chi connectivity index (χ3n) is 24.5. The Bertz CT molecular complexity index is 4610. The highest BCUT2D eigenvalue weighted by Crippen LogP contribution is 2.60. The van der Waals surface area contributed by atoms with E-state index >= 15 is 0 Å².